The number of benzene rings is 1. The summed E-state index contributed by atoms with van der Waals surface area (Å²) in [6.07, 6.45) is 16.3. The van der Waals surface area contributed by atoms with E-state index in [0.717, 1.165) is 0 Å². The van der Waals surface area contributed by atoms with Crippen LogP contribution in [0.25, 0.3) is 0 Å². The van der Waals surface area contributed by atoms with Gasteiger partial charge >= 0.3 is 12.2 Å². The summed E-state index contributed by atoms with van der Waals surface area (Å²) in [5, 5.41) is 0. The van der Waals surface area contributed by atoms with E-state index in [-0.39, 0.29) is 0 Å². The minimum Gasteiger partial charge on any atom is -0.473 e. The molecule has 0 fully saturated rings. The third kappa shape index (κ3) is 18.0. The van der Waals surface area contributed by atoms with Crippen molar-refractivity contribution in [1.82, 2.24) is 0 Å². The zero-order valence-electron chi connectivity index (χ0n) is 19.8. The Morgan fingerprint density at radius 3 is 1.50 bits per heavy atom. The van der Waals surface area contributed by atoms with Gasteiger partial charge in [0.05, 0.1) is 0 Å². The van der Waals surface area contributed by atoms with E-state index in [2.05, 4.69) is 41.0 Å². The van der Waals surface area contributed by atoms with Crippen molar-refractivity contribution in [3.63, 3.8) is 0 Å². The molecular weight excluding hydrogens is 467 g/mol. The fraction of sp³-hybridized carbons (Fsp3) is 0.727. The first-order chi connectivity index (χ1) is 15.0. The van der Waals surface area contributed by atoms with Gasteiger partial charge in [-0.3, -0.25) is 9.11 Å². The Bertz CT molecular complexity index is 750. The van der Waals surface area contributed by atoms with Crippen LogP contribution in [-0.4, -0.2) is 44.3 Å². The van der Waals surface area contributed by atoms with Crippen LogP contribution in [0.15, 0.2) is 30.3 Å². The Kier molecular flexibility index (Phi) is 17.7. The summed E-state index contributed by atoms with van der Waals surface area (Å²) in [6, 6.07) is 10.9. The molecule has 0 unspecified atom stereocenters. The van der Waals surface area contributed by atoms with Gasteiger partial charge in [0.25, 0.3) is 0 Å². The van der Waals surface area contributed by atoms with Crippen LogP contribution in [0.5, 0.6) is 0 Å². The van der Waals surface area contributed by atoms with Gasteiger partial charge in [0.2, 0.25) is 17.0 Å². The maximum atomic E-state index is 10.5. The van der Waals surface area contributed by atoms with Gasteiger partial charge in [-0.15, -0.1) is 0 Å². The highest BCUT2D eigenvalue weighted by molar-refractivity contribution is 8.42. The SMILES string of the molecule is CC(C)[O][Al]([S](=O)(=O)O)[S](=O)(=O)O.CCCCCCCCCCCCCc1ccccc1. The Balaban J connectivity index is 0.000000649. The second-order valence-corrected chi connectivity index (χ2v) is 18.2. The van der Waals surface area contributed by atoms with E-state index in [1.165, 1.54) is 96.5 Å². The van der Waals surface area contributed by atoms with E-state index >= 15 is 0 Å². The number of hydrogen-bond acceptors (Lipinski definition) is 5. The van der Waals surface area contributed by atoms with Crippen molar-refractivity contribution in [3.8, 4) is 0 Å². The van der Waals surface area contributed by atoms with Crippen molar-refractivity contribution in [3.05, 3.63) is 35.9 Å². The predicted molar refractivity (Wildman–Crippen MR) is 132 cm³/mol. The highest BCUT2D eigenvalue weighted by atomic mass is 32.6. The maximum Gasteiger partial charge on any atom is 0.888 e. The molecule has 0 aromatic heterocycles. The molecule has 0 atom stereocenters. The lowest BCUT2D eigenvalue weighted by Crippen LogP contribution is -2.39. The van der Waals surface area contributed by atoms with Crippen LogP contribution in [0.1, 0.15) is 97.0 Å². The van der Waals surface area contributed by atoms with Crippen LogP contribution >= 0.6 is 0 Å². The summed E-state index contributed by atoms with van der Waals surface area (Å²) < 4.78 is 63.2. The molecule has 0 saturated heterocycles. The van der Waals surface area contributed by atoms with Crippen LogP contribution < -0.4 is 0 Å². The molecule has 0 aliphatic rings. The highest BCUT2D eigenvalue weighted by Crippen LogP contribution is 2.12. The topological polar surface area (TPSA) is 118 Å². The van der Waals surface area contributed by atoms with Crippen molar-refractivity contribution >= 4 is 29.2 Å². The summed E-state index contributed by atoms with van der Waals surface area (Å²) >= 11 is -4.11. The molecule has 0 spiro atoms. The molecule has 186 valence electrons. The summed E-state index contributed by atoms with van der Waals surface area (Å²) in [4.78, 5) is 0. The molecule has 32 heavy (non-hydrogen) atoms. The van der Waals surface area contributed by atoms with E-state index in [1.54, 1.807) is 0 Å². The van der Waals surface area contributed by atoms with Crippen LogP contribution in [-0.2, 0) is 27.2 Å². The number of unbranched alkanes of at least 4 members (excludes halogenated alkanes) is 10. The molecule has 10 heteroatoms. The van der Waals surface area contributed by atoms with Crippen LogP contribution in [0.4, 0.5) is 0 Å². The van der Waals surface area contributed by atoms with Gasteiger partial charge < -0.3 is 3.79 Å². The fourth-order valence-corrected chi connectivity index (χ4v) is 10.1. The largest absolute Gasteiger partial charge is 0.888 e. The van der Waals surface area contributed by atoms with E-state index in [9.17, 15) is 16.8 Å². The van der Waals surface area contributed by atoms with Gasteiger partial charge in [0.15, 0.2) is 0 Å². The number of hydrogen-bond donors (Lipinski definition) is 2. The van der Waals surface area contributed by atoms with Crippen molar-refractivity contribution < 1.29 is 29.7 Å². The zero-order chi connectivity index (χ0) is 24.5. The molecule has 0 aliphatic carbocycles. The van der Waals surface area contributed by atoms with Crippen molar-refractivity contribution in [2.24, 2.45) is 0 Å². The molecule has 0 radical (unpaired) electrons. The van der Waals surface area contributed by atoms with Crippen molar-refractivity contribution in [2.75, 3.05) is 0 Å². The lowest BCUT2D eigenvalue weighted by molar-refractivity contribution is 0.253. The van der Waals surface area contributed by atoms with Gasteiger partial charge in [-0.05, 0) is 32.3 Å². The Hall–Kier alpha value is -0.468. The quantitative estimate of drug-likeness (QED) is 0.167. The first-order valence-corrected chi connectivity index (χ1v) is 17.9. The van der Waals surface area contributed by atoms with Crippen LogP contribution in [0, 0.1) is 0 Å². The standard InChI is InChI=1S/C19H32.C3H7O.Al.2HO3S/c1-2-3-4-5-6-7-8-9-10-11-13-16-19-17-14-12-15-18-19;1-3(2)4;;2*1-4(2)3/h12,14-15,17-18H,2-11,13,16H2,1H3;3H,1-2H3;;2*(H,1,2,3)/q;-1;+1;;. The summed E-state index contributed by atoms with van der Waals surface area (Å²) in [5.74, 6) is 0. The third-order valence-electron chi connectivity index (χ3n) is 4.78. The predicted octanol–water partition coefficient (Wildman–Crippen LogP) is 5.71. The van der Waals surface area contributed by atoms with Gasteiger partial charge in [-0.25, -0.2) is 16.8 Å². The van der Waals surface area contributed by atoms with E-state index in [0.29, 0.717) is 0 Å². The van der Waals surface area contributed by atoms with Gasteiger partial charge in [-0.2, -0.15) is 0 Å². The average molecular weight is 509 g/mol. The van der Waals surface area contributed by atoms with E-state index < -0.39 is 35.3 Å². The zero-order valence-corrected chi connectivity index (χ0v) is 22.6. The molecule has 0 amide bonds. The van der Waals surface area contributed by atoms with E-state index in [4.69, 9.17) is 9.11 Å². The maximum absolute atomic E-state index is 10.5. The molecule has 1 aromatic rings. The minimum absolute atomic E-state index is 0.708. The monoisotopic (exact) mass is 508 g/mol. The molecule has 7 nitrogen and oxygen atoms in total. The summed E-state index contributed by atoms with van der Waals surface area (Å²) in [7, 11) is -9.68. The molecule has 0 bridgehead atoms. The summed E-state index contributed by atoms with van der Waals surface area (Å²) in [6.45, 7) is 5.06. The molecule has 1 rings (SSSR count). The van der Waals surface area contributed by atoms with E-state index in [1.807, 2.05) is 0 Å². The molecule has 0 heterocycles. The number of rotatable bonds is 16. The van der Waals surface area contributed by atoms with Crippen molar-refractivity contribution in [1.29, 1.82) is 0 Å². The second kappa shape index (κ2) is 17.9. The van der Waals surface area contributed by atoms with Crippen LogP contribution in [0.2, 0.25) is 0 Å². The highest BCUT2D eigenvalue weighted by Gasteiger charge is 2.55. The number of aryl methyl sites for hydroxylation is 1. The van der Waals surface area contributed by atoms with Gasteiger partial charge in [0, 0.05) is 6.10 Å². The Labute approximate surface area is 198 Å². The first kappa shape index (κ1) is 31.5. The smallest absolute Gasteiger partial charge is 0.473 e. The molecular formula is C22H41AlO7S2. The van der Waals surface area contributed by atoms with Crippen LogP contribution in [0.3, 0.4) is 0 Å². The summed E-state index contributed by atoms with van der Waals surface area (Å²) in [5.41, 5.74) is 1.50. The molecule has 0 saturated carbocycles. The van der Waals surface area contributed by atoms with Gasteiger partial charge in [-0.1, -0.05) is 101 Å². The Morgan fingerprint density at radius 1 is 0.750 bits per heavy atom. The average Bonchev–Trinajstić information content (AvgIpc) is 2.70. The minimum atomic E-state index is -4.84. The normalized spacial score (nSPS) is 11.8. The molecule has 0 aliphatic heterocycles. The Morgan fingerprint density at radius 2 is 1.16 bits per heavy atom. The van der Waals surface area contributed by atoms with Gasteiger partial charge in [0.1, 0.15) is 0 Å². The second-order valence-electron chi connectivity index (χ2n) is 8.27. The lowest BCUT2D eigenvalue weighted by Gasteiger charge is -2.09. The van der Waals surface area contributed by atoms with Crippen molar-refractivity contribution in [2.45, 2.75) is 104 Å². The first-order valence-electron chi connectivity index (χ1n) is 11.6. The third-order valence-corrected chi connectivity index (χ3v) is 14.5. The lowest BCUT2D eigenvalue weighted by atomic mass is 10.0. The molecule has 2 N–H and O–H groups in total. The molecule has 1 aromatic carbocycles. The fourth-order valence-electron chi connectivity index (χ4n) is 3.15.